The molecule has 0 radical (unpaired) electrons. The van der Waals surface area contributed by atoms with Gasteiger partial charge in [0.05, 0.1) is 23.8 Å². The molecule has 2 heterocycles. The zero-order valence-electron chi connectivity index (χ0n) is 21.8. The van der Waals surface area contributed by atoms with Crippen LogP contribution < -0.4 is 14.8 Å². The van der Waals surface area contributed by atoms with Crippen LogP contribution >= 0.6 is 0 Å². The summed E-state index contributed by atoms with van der Waals surface area (Å²) in [5.74, 6) is 1.32. The molecule has 2 aliphatic heterocycles. The highest BCUT2D eigenvalue weighted by atomic mass is 19.4. The summed E-state index contributed by atoms with van der Waals surface area (Å²) in [5.41, 5.74) is -1.28. The number of fused-ring (bicyclic) bond motifs is 2. The topological polar surface area (TPSA) is 66.4 Å². The average Bonchev–Trinajstić information content (AvgIpc) is 3.08. The van der Waals surface area contributed by atoms with Gasteiger partial charge >= 0.3 is 18.4 Å². The average molecular weight is 579 g/mol. The van der Waals surface area contributed by atoms with E-state index < -0.39 is 35.6 Å². The van der Waals surface area contributed by atoms with Crippen molar-refractivity contribution in [3.63, 3.8) is 0 Å². The summed E-state index contributed by atoms with van der Waals surface area (Å²) in [6, 6.07) is 11.4. The van der Waals surface area contributed by atoms with Crippen LogP contribution in [0.1, 0.15) is 23.6 Å². The van der Waals surface area contributed by atoms with Crippen molar-refractivity contribution in [3.05, 3.63) is 77.4 Å². The highest BCUT2D eigenvalue weighted by molar-refractivity contribution is 6.04. The summed E-state index contributed by atoms with van der Waals surface area (Å²) in [4.78, 5) is 20.9. The minimum absolute atomic E-state index is 0.00263. The number of piperazine rings is 1. The number of benzene rings is 3. The summed E-state index contributed by atoms with van der Waals surface area (Å²) in [5, 5.41) is 2.52. The van der Waals surface area contributed by atoms with E-state index in [0.717, 1.165) is 24.3 Å². The van der Waals surface area contributed by atoms with Crippen LogP contribution in [0.4, 0.5) is 42.5 Å². The maximum atomic E-state index is 13.5. The second-order valence-corrected chi connectivity index (χ2v) is 9.58. The van der Waals surface area contributed by atoms with Crippen molar-refractivity contribution in [1.29, 1.82) is 0 Å². The number of rotatable bonds is 2. The Hall–Kier alpha value is -4.42. The van der Waals surface area contributed by atoms with Gasteiger partial charge in [-0.25, -0.2) is 9.79 Å². The van der Waals surface area contributed by atoms with Crippen molar-refractivity contribution in [2.24, 2.45) is 4.99 Å². The van der Waals surface area contributed by atoms with Crippen LogP contribution in [0.25, 0.3) is 0 Å². The molecule has 5 rings (SSSR count). The molecule has 1 saturated heterocycles. The van der Waals surface area contributed by atoms with Gasteiger partial charge in [0.25, 0.3) is 0 Å². The molecule has 3 aromatic carbocycles. The molecule has 1 atom stereocenters. The lowest BCUT2D eigenvalue weighted by molar-refractivity contribution is -0.138. The van der Waals surface area contributed by atoms with Crippen molar-refractivity contribution < 1.29 is 40.6 Å². The predicted molar refractivity (Wildman–Crippen MR) is 139 cm³/mol. The van der Waals surface area contributed by atoms with E-state index in [2.05, 4.69) is 10.3 Å². The fourth-order valence-corrected chi connectivity index (χ4v) is 4.72. The second-order valence-electron chi connectivity index (χ2n) is 9.58. The molecule has 13 heteroatoms. The first kappa shape index (κ1) is 28.1. The number of anilines is 1. The molecule has 0 aromatic heterocycles. The number of methoxy groups -OCH3 is 1. The smallest absolute Gasteiger partial charge is 0.416 e. The third-order valence-electron chi connectivity index (χ3n) is 6.79. The fraction of sp³-hybridized carbons (Fsp3) is 0.286. The zero-order chi connectivity index (χ0) is 29.5. The van der Waals surface area contributed by atoms with Crippen LogP contribution in [-0.2, 0) is 12.4 Å². The molecular weight excluding hydrogens is 554 g/mol. The summed E-state index contributed by atoms with van der Waals surface area (Å²) in [6.07, 6.45) is -9.14. The largest absolute Gasteiger partial charge is 0.497 e. The molecule has 3 aromatic rings. The lowest BCUT2D eigenvalue weighted by Crippen LogP contribution is -2.56. The number of ether oxygens (including phenoxy) is 2. The van der Waals surface area contributed by atoms with E-state index >= 15 is 0 Å². The van der Waals surface area contributed by atoms with Gasteiger partial charge in [0, 0.05) is 31.4 Å². The van der Waals surface area contributed by atoms with Crippen LogP contribution in [0, 0.1) is 0 Å². The maximum Gasteiger partial charge on any atom is 0.416 e. The zero-order valence-corrected chi connectivity index (χ0v) is 21.8. The van der Waals surface area contributed by atoms with E-state index in [1.807, 2.05) is 4.90 Å². The Bertz CT molecular complexity index is 1500. The van der Waals surface area contributed by atoms with E-state index in [1.165, 1.54) is 30.2 Å². The molecule has 0 saturated carbocycles. The minimum atomic E-state index is -4.58. The first-order valence-corrected chi connectivity index (χ1v) is 12.5. The standard InChI is InChI=1S/C28H24F6N4O3/c1-16-15-37(10-11-38(16)26(39)35-19-5-3-4-17(12-19)27(29,30)31)25-21-14-20(40-2)7-9-23(21)41-24-8-6-18(28(32,33)34)13-22(24)36-25/h3-9,12-14,16H,10-11,15H2,1-2H3,(H,35,39)/t16-/m0/s1. The van der Waals surface area contributed by atoms with E-state index in [-0.39, 0.29) is 36.8 Å². The number of amides is 2. The highest BCUT2D eigenvalue weighted by Gasteiger charge is 2.35. The molecule has 0 spiro atoms. The quantitative estimate of drug-likeness (QED) is 0.328. The SMILES string of the molecule is COc1ccc2c(c1)C(N1CCN(C(=O)Nc3cccc(C(F)(F)F)c3)[C@@H](C)C1)=Nc1cc(C(F)(F)F)ccc1O2. The lowest BCUT2D eigenvalue weighted by Gasteiger charge is -2.41. The summed E-state index contributed by atoms with van der Waals surface area (Å²) in [7, 11) is 1.48. The molecule has 7 nitrogen and oxygen atoms in total. The first-order chi connectivity index (χ1) is 19.3. The molecule has 0 unspecified atom stereocenters. The molecule has 1 fully saturated rings. The molecule has 216 valence electrons. The Kier molecular flexibility index (Phi) is 7.22. The molecular formula is C28H24F6N4O3. The van der Waals surface area contributed by atoms with Crippen molar-refractivity contribution in [1.82, 2.24) is 9.80 Å². The lowest BCUT2D eigenvalue weighted by atomic mass is 10.1. The van der Waals surface area contributed by atoms with Gasteiger partial charge in [0.2, 0.25) is 0 Å². The third-order valence-corrected chi connectivity index (χ3v) is 6.79. The van der Waals surface area contributed by atoms with Gasteiger partial charge < -0.3 is 24.6 Å². The number of carbonyl (C=O) groups excluding carboxylic acids is 1. The molecule has 1 N–H and O–H groups in total. The third kappa shape index (κ3) is 5.88. The van der Waals surface area contributed by atoms with E-state index in [1.54, 1.807) is 25.1 Å². The fourth-order valence-electron chi connectivity index (χ4n) is 4.72. The second kappa shape index (κ2) is 10.5. The van der Waals surface area contributed by atoms with Crippen LogP contribution in [0.2, 0.25) is 0 Å². The number of nitrogens with zero attached hydrogens (tertiary/aromatic N) is 3. The Morgan fingerprint density at radius 2 is 1.66 bits per heavy atom. The van der Waals surface area contributed by atoms with Crippen LogP contribution in [0.15, 0.2) is 65.7 Å². The highest BCUT2D eigenvalue weighted by Crippen LogP contribution is 2.42. The van der Waals surface area contributed by atoms with E-state index in [4.69, 9.17) is 9.47 Å². The summed E-state index contributed by atoms with van der Waals surface area (Å²) in [6.45, 7) is 2.40. The Balaban J connectivity index is 1.42. The number of nitrogens with one attached hydrogen (secondary N) is 1. The van der Waals surface area contributed by atoms with Crippen molar-refractivity contribution in [2.45, 2.75) is 25.3 Å². The number of hydrogen-bond acceptors (Lipinski definition) is 5. The number of carbonyl (C=O) groups is 1. The molecule has 0 aliphatic carbocycles. The van der Waals surface area contributed by atoms with Gasteiger partial charge in [-0.1, -0.05) is 6.07 Å². The summed E-state index contributed by atoms with van der Waals surface area (Å²) >= 11 is 0. The first-order valence-electron chi connectivity index (χ1n) is 12.5. The van der Waals surface area contributed by atoms with Crippen molar-refractivity contribution >= 4 is 23.2 Å². The monoisotopic (exact) mass is 578 g/mol. The van der Waals surface area contributed by atoms with Gasteiger partial charge in [-0.3, -0.25) is 0 Å². The van der Waals surface area contributed by atoms with E-state index in [0.29, 0.717) is 22.9 Å². The van der Waals surface area contributed by atoms with Crippen LogP contribution in [0.3, 0.4) is 0 Å². The molecule has 2 amide bonds. The molecule has 0 bridgehead atoms. The Labute approximate surface area is 231 Å². The van der Waals surface area contributed by atoms with Crippen molar-refractivity contribution in [3.8, 4) is 17.2 Å². The number of hydrogen-bond donors (Lipinski definition) is 1. The normalized spacial score (nSPS) is 17.1. The summed E-state index contributed by atoms with van der Waals surface area (Å²) < 4.78 is 90.9. The van der Waals surface area contributed by atoms with Gasteiger partial charge in [-0.2, -0.15) is 26.3 Å². The number of urea groups is 1. The molecule has 41 heavy (non-hydrogen) atoms. The maximum absolute atomic E-state index is 13.5. The van der Waals surface area contributed by atoms with Crippen LogP contribution in [0.5, 0.6) is 17.2 Å². The van der Waals surface area contributed by atoms with Crippen molar-refractivity contribution in [2.75, 3.05) is 32.1 Å². The van der Waals surface area contributed by atoms with Crippen LogP contribution in [-0.4, -0.2) is 54.5 Å². The van der Waals surface area contributed by atoms with Gasteiger partial charge in [-0.05, 0) is 61.5 Å². The number of aliphatic imine (C=N–C) groups is 1. The van der Waals surface area contributed by atoms with Gasteiger partial charge in [0.15, 0.2) is 5.75 Å². The van der Waals surface area contributed by atoms with Gasteiger partial charge in [0.1, 0.15) is 23.0 Å². The Morgan fingerprint density at radius 3 is 2.34 bits per heavy atom. The Morgan fingerprint density at radius 1 is 0.951 bits per heavy atom. The van der Waals surface area contributed by atoms with E-state index in [9.17, 15) is 31.1 Å². The number of alkyl halides is 6. The van der Waals surface area contributed by atoms with Gasteiger partial charge in [-0.15, -0.1) is 0 Å². The minimum Gasteiger partial charge on any atom is -0.497 e. The number of halogens is 6. The molecule has 2 aliphatic rings. The predicted octanol–water partition coefficient (Wildman–Crippen LogP) is 7.16. The number of amidine groups is 1.